The van der Waals surface area contributed by atoms with Crippen molar-refractivity contribution < 1.29 is 0 Å². The molecule has 0 aliphatic carbocycles. The normalized spacial score (nSPS) is 19.1. The molecule has 0 aromatic carbocycles. The van der Waals surface area contributed by atoms with Gasteiger partial charge in [0.1, 0.15) is 5.82 Å². The van der Waals surface area contributed by atoms with Crippen molar-refractivity contribution in [1.29, 1.82) is 0 Å². The molecule has 0 bridgehead atoms. The third-order valence-electron chi connectivity index (χ3n) is 3.74. The summed E-state index contributed by atoms with van der Waals surface area (Å²) in [5.74, 6) is 1.77. The van der Waals surface area contributed by atoms with E-state index in [1.165, 1.54) is 19.3 Å². The van der Waals surface area contributed by atoms with Crippen LogP contribution < -0.4 is 10.2 Å². The molecule has 1 aliphatic rings. The molecule has 2 rings (SSSR count). The van der Waals surface area contributed by atoms with Crippen LogP contribution in [-0.4, -0.2) is 24.6 Å². The molecule has 1 fully saturated rings. The van der Waals surface area contributed by atoms with Gasteiger partial charge in [-0.25, -0.2) is 4.98 Å². The zero-order chi connectivity index (χ0) is 13.7. The molecule has 0 radical (unpaired) electrons. The van der Waals surface area contributed by atoms with Crippen molar-refractivity contribution >= 4 is 17.4 Å². The van der Waals surface area contributed by atoms with Crippen molar-refractivity contribution in [2.45, 2.75) is 39.7 Å². The van der Waals surface area contributed by atoms with E-state index in [-0.39, 0.29) is 0 Å². The molecule has 1 aromatic heterocycles. The van der Waals surface area contributed by atoms with Crippen LogP contribution in [0.2, 0.25) is 5.02 Å². The summed E-state index contributed by atoms with van der Waals surface area (Å²) in [6.45, 7) is 8.34. The van der Waals surface area contributed by atoms with E-state index in [0.29, 0.717) is 0 Å². The van der Waals surface area contributed by atoms with Gasteiger partial charge < -0.3 is 10.2 Å². The Bertz CT molecular complexity index is 408. The van der Waals surface area contributed by atoms with Gasteiger partial charge in [0.15, 0.2) is 0 Å². The molecule has 4 heteroatoms. The van der Waals surface area contributed by atoms with Gasteiger partial charge in [-0.1, -0.05) is 31.9 Å². The number of nitrogens with zero attached hydrogens (tertiary/aromatic N) is 2. The Morgan fingerprint density at radius 1 is 1.47 bits per heavy atom. The number of hydrogen-bond acceptors (Lipinski definition) is 3. The number of aromatic nitrogens is 1. The largest absolute Gasteiger partial charge is 0.355 e. The molecule has 106 valence electrons. The van der Waals surface area contributed by atoms with Crippen LogP contribution in [0.25, 0.3) is 0 Å². The zero-order valence-electron chi connectivity index (χ0n) is 12.0. The minimum atomic E-state index is 0.785. The fourth-order valence-electron chi connectivity index (χ4n) is 2.74. The molecular formula is C15H24ClN3. The third kappa shape index (κ3) is 3.83. The van der Waals surface area contributed by atoms with Crippen LogP contribution in [-0.2, 0) is 6.54 Å². The Morgan fingerprint density at radius 2 is 2.32 bits per heavy atom. The van der Waals surface area contributed by atoms with Crippen molar-refractivity contribution in [3.8, 4) is 0 Å². The van der Waals surface area contributed by atoms with Gasteiger partial charge in [-0.05, 0) is 36.9 Å². The molecule has 0 spiro atoms. The lowest BCUT2D eigenvalue weighted by Crippen LogP contribution is -2.21. The first kappa shape index (κ1) is 14.6. The Morgan fingerprint density at radius 3 is 3.00 bits per heavy atom. The van der Waals surface area contributed by atoms with E-state index in [1.54, 1.807) is 0 Å². The van der Waals surface area contributed by atoms with E-state index in [9.17, 15) is 0 Å². The summed E-state index contributed by atoms with van der Waals surface area (Å²) in [7, 11) is 0. The second-order valence-electron chi connectivity index (χ2n) is 5.32. The first-order chi connectivity index (χ1) is 9.24. The molecule has 1 aromatic rings. The monoisotopic (exact) mass is 281 g/mol. The lowest BCUT2D eigenvalue weighted by molar-refractivity contribution is 0.529. The van der Waals surface area contributed by atoms with Crippen molar-refractivity contribution in [2.24, 2.45) is 5.92 Å². The molecule has 3 nitrogen and oxygen atoms in total. The number of rotatable bonds is 6. The number of anilines is 1. The summed E-state index contributed by atoms with van der Waals surface area (Å²) in [5, 5.41) is 4.08. The minimum absolute atomic E-state index is 0.785. The SMILES string of the molecule is CCCC1CCN(c2ncc(CNCC)cc2Cl)C1. The third-order valence-corrected chi connectivity index (χ3v) is 4.02. The number of halogens is 1. The Labute approximate surface area is 121 Å². The molecular weight excluding hydrogens is 258 g/mol. The van der Waals surface area contributed by atoms with Crippen molar-refractivity contribution in [3.63, 3.8) is 0 Å². The average Bonchev–Trinajstić information content (AvgIpc) is 2.85. The molecule has 1 saturated heterocycles. The van der Waals surface area contributed by atoms with E-state index >= 15 is 0 Å². The van der Waals surface area contributed by atoms with Gasteiger partial charge >= 0.3 is 0 Å². The molecule has 1 N–H and O–H groups in total. The first-order valence-corrected chi connectivity index (χ1v) is 7.72. The summed E-state index contributed by atoms with van der Waals surface area (Å²) in [6.07, 6.45) is 5.79. The second kappa shape index (κ2) is 7.11. The standard InChI is InChI=1S/C15H24ClN3/c1-3-5-12-6-7-19(11-12)15-14(16)8-13(10-18-15)9-17-4-2/h8,10,12,17H,3-7,9,11H2,1-2H3. The lowest BCUT2D eigenvalue weighted by Gasteiger charge is -2.19. The van der Waals surface area contributed by atoms with Crippen LogP contribution in [0.15, 0.2) is 12.3 Å². The fourth-order valence-corrected chi connectivity index (χ4v) is 3.05. The summed E-state index contributed by atoms with van der Waals surface area (Å²) in [5.41, 5.74) is 1.15. The summed E-state index contributed by atoms with van der Waals surface area (Å²) in [4.78, 5) is 6.89. The lowest BCUT2D eigenvalue weighted by atomic mass is 10.0. The Hall–Kier alpha value is -0.800. The van der Waals surface area contributed by atoms with Gasteiger partial charge in [-0.3, -0.25) is 0 Å². The fraction of sp³-hybridized carbons (Fsp3) is 0.667. The molecule has 2 heterocycles. The highest BCUT2D eigenvalue weighted by Crippen LogP contribution is 2.30. The predicted molar refractivity (Wildman–Crippen MR) is 81.9 cm³/mol. The summed E-state index contributed by atoms with van der Waals surface area (Å²) >= 11 is 6.38. The molecule has 1 unspecified atom stereocenters. The van der Waals surface area contributed by atoms with Crippen LogP contribution in [0.4, 0.5) is 5.82 Å². The maximum absolute atomic E-state index is 6.38. The maximum Gasteiger partial charge on any atom is 0.147 e. The van der Waals surface area contributed by atoms with E-state index in [1.807, 2.05) is 12.3 Å². The van der Waals surface area contributed by atoms with Crippen molar-refractivity contribution in [1.82, 2.24) is 10.3 Å². The van der Waals surface area contributed by atoms with Gasteiger partial charge in [0.2, 0.25) is 0 Å². The highest BCUT2D eigenvalue weighted by Gasteiger charge is 2.24. The first-order valence-electron chi connectivity index (χ1n) is 7.34. The van der Waals surface area contributed by atoms with E-state index in [4.69, 9.17) is 11.6 Å². The Balaban J connectivity index is 2.01. The van der Waals surface area contributed by atoms with Crippen LogP contribution >= 0.6 is 11.6 Å². The predicted octanol–water partition coefficient (Wildman–Crippen LogP) is 3.47. The quantitative estimate of drug-likeness (QED) is 0.865. The van der Waals surface area contributed by atoms with Crippen LogP contribution in [0.1, 0.15) is 38.7 Å². The number of pyridine rings is 1. The van der Waals surface area contributed by atoms with Gasteiger partial charge in [-0.2, -0.15) is 0 Å². The second-order valence-corrected chi connectivity index (χ2v) is 5.73. The van der Waals surface area contributed by atoms with Crippen LogP contribution in [0, 0.1) is 5.92 Å². The van der Waals surface area contributed by atoms with Crippen LogP contribution in [0.3, 0.4) is 0 Å². The molecule has 19 heavy (non-hydrogen) atoms. The van der Waals surface area contributed by atoms with Gasteiger partial charge in [0, 0.05) is 25.8 Å². The highest BCUT2D eigenvalue weighted by molar-refractivity contribution is 6.33. The minimum Gasteiger partial charge on any atom is -0.355 e. The van der Waals surface area contributed by atoms with E-state index in [2.05, 4.69) is 29.0 Å². The smallest absolute Gasteiger partial charge is 0.147 e. The summed E-state index contributed by atoms with van der Waals surface area (Å²) in [6, 6.07) is 2.04. The Kier molecular flexibility index (Phi) is 5.46. The van der Waals surface area contributed by atoms with Gasteiger partial charge in [-0.15, -0.1) is 0 Å². The molecule has 0 saturated carbocycles. The summed E-state index contributed by atoms with van der Waals surface area (Å²) < 4.78 is 0. The van der Waals surface area contributed by atoms with Crippen molar-refractivity contribution in [3.05, 3.63) is 22.8 Å². The molecule has 0 amide bonds. The maximum atomic E-state index is 6.38. The number of hydrogen-bond donors (Lipinski definition) is 1. The van der Waals surface area contributed by atoms with Gasteiger partial charge in [0.05, 0.1) is 5.02 Å². The topological polar surface area (TPSA) is 28.2 Å². The molecule has 1 atom stereocenters. The van der Waals surface area contributed by atoms with Gasteiger partial charge in [0.25, 0.3) is 0 Å². The van der Waals surface area contributed by atoms with Crippen LogP contribution in [0.5, 0.6) is 0 Å². The van der Waals surface area contributed by atoms with E-state index in [0.717, 1.165) is 48.5 Å². The molecule has 1 aliphatic heterocycles. The van der Waals surface area contributed by atoms with Crippen molar-refractivity contribution in [2.75, 3.05) is 24.5 Å². The number of nitrogens with one attached hydrogen (secondary N) is 1. The highest BCUT2D eigenvalue weighted by atomic mass is 35.5. The van der Waals surface area contributed by atoms with E-state index < -0.39 is 0 Å². The average molecular weight is 282 g/mol. The zero-order valence-corrected chi connectivity index (χ0v) is 12.7.